The molecular weight excluding hydrogens is 240 g/mol. The Labute approximate surface area is 103 Å². The number of pyridine rings is 1. The van der Waals surface area contributed by atoms with Gasteiger partial charge in [-0.2, -0.15) is 0 Å². The lowest BCUT2D eigenvalue weighted by atomic mass is 10.2. The van der Waals surface area contributed by atoms with E-state index in [0.717, 1.165) is 20.6 Å². The van der Waals surface area contributed by atoms with Crippen molar-refractivity contribution in [1.82, 2.24) is 9.97 Å². The summed E-state index contributed by atoms with van der Waals surface area (Å²) in [5.41, 5.74) is 1.87. The quantitative estimate of drug-likeness (QED) is 0.912. The number of aryl methyl sites for hydroxylation is 1. The summed E-state index contributed by atoms with van der Waals surface area (Å²) < 4.78 is 0.995. The molecule has 16 heavy (non-hydrogen) atoms. The largest absolute Gasteiger partial charge is 0.389 e. The molecule has 3 nitrogen and oxygen atoms in total. The fourth-order valence-electron chi connectivity index (χ4n) is 1.17. The van der Waals surface area contributed by atoms with E-state index in [1.807, 2.05) is 24.4 Å². The number of aliphatic hydroxyl groups is 1. The van der Waals surface area contributed by atoms with Crippen molar-refractivity contribution in [2.24, 2.45) is 0 Å². The minimum absolute atomic E-state index is 0.464. The molecule has 0 saturated heterocycles. The summed E-state index contributed by atoms with van der Waals surface area (Å²) in [4.78, 5) is 8.63. The van der Waals surface area contributed by atoms with Crippen molar-refractivity contribution in [3.63, 3.8) is 0 Å². The number of hydrogen-bond acceptors (Lipinski definition) is 5. The van der Waals surface area contributed by atoms with Crippen molar-refractivity contribution in [3.05, 3.63) is 35.0 Å². The van der Waals surface area contributed by atoms with E-state index in [2.05, 4.69) is 9.97 Å². The molecule has 2 aromatic heterocycles. The summed E-state index contributed by atoms with van der Waals surface area (Å²) in [5, 5.41) is 12.3. The topological polar surface area (TPSA) is 46.0 Å². The van der Waals surface area contributed by atoms with Crippen molar-refractivity contribution in [1.29, 1.82) is 0 Å². The van der Waals surface area contributed by atoms with E-state index in [9.17, 15) is 5.11 Å². The first-order chi connectivity index (χ1) is 7.65. The highest BCUT2D eigenvalue weighted by Crippen LogP contribution is 2.29. The van der Waals surface area contributed by atoms with Crippen LogP contribution in [0.15, 0.2) is 33.1 Å². The molecule has 1 atom stereocenters. The highest BCUT2D eigenvalue weighted by atomic mass is 32.2. The highest BCUT2D eigenvalue weighted by molar-refractivity contribution is 8.00. The second-order valence-electron chi connectivity index (χ2n) is 3.46. The molecule has 0 unspecified atom stereocenters. The van der Waals surface area contributed by atoms with Gasteiger partial charge in [-0.15, -0.1) is 11.3 Å². The molecule has 0 aliphatic rings. The summed E-state index contributed by atoms with van der Waals surface area (Å²) in [6.07, 6.45) is 1.24. The first-order valence-electron chi connectivity index (χ1n) is 4.89. The maximum Gasteiger partial charge on any atom is 0.156 e. The van der Waals surface area contributed by atoms with Crippen LogP contribution in [-0.4, -0.2) is 15.1 Å². The van der Waals surface area contributed by atoms with Crippen LogP contribution in [0.1, 0.15) is 24.3 Å². The number of aromatic nitrogens is 2. The van der Waals surface area contributed by atoms with Crippen LogP contribution < -0.4 is 0 Å². The molecule has 0 fully saturated rings. The molecule has 2 heterocycles. The minimum atomic E-state index is -0.464. The maximum absolute atomic E-state index is 9.35. The van der Waals surface area contributed by atoms with Crippen molar-refractivity contribution in [2.45, 2.75) is 29.3 Å². The van der Waals surface area contributed by atoms with E-state index in [-0.39, 0.29) is 0 Å². The third-order valence-electron chi connectivity index (χ3n) is 2.03. The Morgan fingerprint density at radius 1 is 1.44 bits per heavy atom. The van der Waals surface area contributed by atoms with Gasteiger partial charge in [0.15, 0.2) is 4.34 Å². The van der Waals surface area contributed by atoms with Crippen molar-refractivity contribution in [2.75, 3.05) is 0 Å². The molecular formula is C11H12N2OS2. The smallest absolute Gasteiger partial charge is 0.156 e. The molecule has 0 bridgehead atoms. The van der Waals surface area contributed by atoms with E-state index < -0.39 is 6.10 Å². The number of rotatable bonds is 3. The maximum atomic E-state index is 9.35. The first kappa shape index (κ1) is 11.6. The Morgan fingerprint density at radius 3 is 2.75 bits per heavy atom. The fourth-order valence-corrected chi connectivity index (χ4v) is 2.89. The molecule has 0 saturated carbocycles. The van der Waals surface area contributed by atoms with Crippen LogP contribution in [0, 0.1) is 6.92 Å². The van der Waals surface area contributed by atoms with Crippen LogP contribution in [0.25, 0.3) is 0 Å². The lowest BCUT2D eigenvalue weighted by Crippen LogP contribution is -1.91. The second kappa shape index (κ2) is 4.95. The van der Waals surface area contributed by atoms with E-state index >= 15 is 0 Å². The van der Waals surface area contributed by atoms with Gasteiger partial charge in [0.2, 0.25) is 0 Å². The number of hydrogen-bond donors (Lipinski definition) is 1. The average Bonchev–Trinajstić information content (AvgIpc) is 2.65. The Bertz CT molecular complexity index is 465. The normalized spacial score (nSPS) is 12.7. The van der Waals surface area contributed by atoms with E-state index in [4.69, 9.17) is 0 Å². The lowest BCUT2D eigenvalue weighted by Gasteiger charge is -2.03. The van der Waals surface area contributed by atoms with Crippen molar-refractivity contribution < 1.29 is 5.11 Å². The van der Waals surface area contributed by atoms with Gasteiger partial charge in [-0.05, 0) is 37.2 Å². The Balaban J connectivity index is 2.11. The van der Waals surface area contributed by atoms with Crippen LogP contribution in [0.3, 0.4) is 0 Å². The van der Waals surface area contributed by atoms with Gasteiger partial charge >= 0.3 is 0 Å². The molecule has 0 spiro atoms. The second-order valence-corrected chi connectivity index (χ2v) is 5.59. The summed E-state index contributed by atoms with van der Waals surface area (Å²) in [5.74, 6) is 0. The standard InChI is InChI=1S/C11H12N2OS2/c1-7-6-15-11(13-7)16-10-4-3-9(5-12-10)8(2)14/h3-6,8,14H,1-2H3/t8-/m0/s1. The molecule has 2 rings (SSSR count). The molecule has 0 amide bonds. The Morgan fingerprint density at radius 2 is 2.25 bits per heavy atom. The van der Waals surface area contributed by atoms with E-state index in [1.165, 1.54) is 0 Å². The van der Waals surface area contributed by atoms with Crippen LogP contribution in [-0.2, 0) is 0 Å². The zero-order chi connectivity index (χ0) is 11.5. The number of thiazole rings is 1. The van der Waals surface area contributed by atoms with Gasteiger partial charge < -0.3 is 5.11 Å². The van der Waals surface area contributed by atoms with E-state index in [0.29, 0.717) is 0 Å². The van der Waals surface area contributed by atoms with E-state index in [1.54, 1.807) is 36.2 Å². The number of nitrogens with zero attached hydrogens (tertiary/aromatic N) is 2. The predicted octanol–water partition coefficient (Wildman–Crippen LogP) is 3.05. The summed E-state index contributed by atoms with van der Waals surface area (Å²) in [6, 6.07) is 3.80. The molecule has 0 aliphatic heterocycles. The Kier molecular flexibility index (Phi) is 3.58. The van der Waals surface area contributed by atoms with Crippen LogP contribution >= 0.6 is 23.1 Å². The highest BCUT2D eigenvalue weighted by Gasteiger charge is 2.05. The van der Waals surface area contributed by atoms with Crippen molar-refractivity contribution >= 4 is 23.1 Å². The van der Waals surface area contributed by atoms with Crippen LogP contribution in [0.2, 0.25) is 0 Å². The third-order valence-corrected chi connectivity index (χ3v) is 4.04. The average molecular weight is 252 g/mol. The SMILES string of the molecule is Cc1csc(Sc2ccc([C@H](C)O)cn2)n1. The summed E-state index contributed by atoms with van der Waals surface area (Å²) >= 11 is 3.16. The lowest BCUT2D eigenvalue weighted by molar-refractivity contribution is 0.198. The molecule has 5 heteroatoms. The summed E-state index contributed by atoms with van der Waals surface area (Å²) in [7, 11) is 0. The van der Waals surface area contributed by atoms with Crippen LogP contribution in [0.4, 0.5) is 0 Å². The van der Waals surface area contributed by atoms with Gasteiger partial charge in [0.25, 0.3) is 0 Å². The summed E-state index contributed by atoms with van der Waals surface area (Å²) in [6.45, 7) is 3.71. The van der Waals surface area contributed by atoms with Gasteiger partial charge in [0.1, 0.15) is 5.03 Å². The monoisotopic (exact) mass is 252 g/mol. The van der Waals surface area contributed by atoms with Gasteiger partial charge in [-0.25, -0.2) is 9.97 Å². The van der Waals surface area contributed by atoms with Gasteiger partial charge in [-0.1, -0.05) is 6.07 Å². The number of aliphatic hydroxyl groups excluding tert-OH is 1. The zero-order valence-electron chi connectivity index (χ0n) is 9.04. The van der Waals surface area contributed by atoms with Gasteiger partial charge in [0, 0.05) is 17.3 Å². The van der Waals surface area contributed by atoms with Crippen LogP contribution in [0.5, 0.6) is 0 Å². The minimum Gasteiger partial charge on any atom is -0.389 e. The molecule has 0 aromatic carbocycles. The molecule has 84 valence electrons. The molecule has 1 N–H and O–H groups in total. The zero-order valence-corrected chi connectivity index (χ0v) is 10.7. The predicted molar refractivity (Wildman–Crippen MR) is 65.8 cm³/mol. The first-order valence-corrected chi connectivity index (χ1v) is 6.59. The van der Waals surface area contributed by atoms with Gasteiger partial charge in [-0.3, -0.25) is 0 Å². The van der Waals surface area contributed by atoms with Crippen molar-refractivity contribution in [3.8, 4) is 0 Å². The molecule has 0 radical (unpaired) electrons. The molecule has 0 aliphatic carbocycles. The fraction of sp³-hybridized carbons (Fsp3) is 0.273. The van der Waals surface area contributed by atoms with Gasteiger partial charge in [0.05, 0.1) is 6.10 Å². The Hall–Kier alpha value is -0.910. The third kappa shape index (κ3) is 2.81. The molecule has 2 aromatic rings.